The van der Waals surface area contributed by atoms with Crippen LogP contribution in [0.2, 0.25) is 0 Å². The summed E-state index contributed by atoms with van der Waals surface area (Å²) >= 11 is 0. The maximum atomic E-state index is 12.1. The summed E-state index contributed by atoms with van der Waals surface area (Å²) in [5.41, 5.74) is -0.388. The average Bonchev–Trinajstić information content (AvgIpc) is 2.44. The van der Waals surface area contributed by atoms with Crippen LogP contribution in [0.5, 0.6) is 11.5 Å². The van der Waals surface area contributed by atoms with E-state index in [1.165, 1.54) is 6.92 Å². The first-order valence-corrected chi connectivity index (χ1v) is 7.17. The van der Waals surface area contributed by atoms with Crippen molar-refractivity contribution in [1.29, 1.82) is 0 Å². The molecule has 2 atom stereocenters. The first kappa shape index (κ1) is 16.1. The molecule has 0 saturated carbocycles. The van der Waals surface area contributed by atoms with Crippen LogP contribution in [-0.2, 0) is 14.3 Å². The zero-order valence-electron chi connectivity index (χ0n) is 13.2. The van der Waals surface area contributed by atoms with E-state index in [1.54, 1.807) is 18.2 Å². The van der Waals surface area contributed by atoms with Crippen LogP contribution in [0.1, 0.15) is 27.7 Å². The highest BCUT2D eigenvalue weighted by molar-refractivity contribution is 5.85. The number of fused-ring (bicyclic) bond motifs is 1. The van der Waals surface area contributed by atoms with Gasteiger partial charge in [-0.2, -0.15) is 0 Å². The summed E-state index contributed by atoms with van der Waals surface area (Å²) in [6, 6.07) is 7.08. The lowest BCUT2D eigenvalue weighted by Crippen LogP contribution is -2.48. The number of para-hydroxylation sites is 2. The van der Waals surface area contributed by atoms with Crippen molar-refractivity contribution in [2.45, 2.75) is 45.4 Å². The Hall–Kier alpha value is -2.24. The molecule has 0 bridgehead atoms. The van der Waals surface area contributed by atoms with Gasteiger partial charge in [-0.15, -0.1) is 0 Å². The van der Waals surface area contributed by atoms with Gasteiger partial charge in [-0.25, -0.2) is 4.79 Å². The summed E-state index contributed by atoms with van der Waals surface area (Å²) in [5.74, 6) is 0.108. The van der Waals surface area contributed by atoms with Crippen LogP contribution in [0.25, 0.3) is 0 Å². The number of carbonyl (C=O) groups excluding carboxylic acids is 2. The van der Waals surface area contributed by atoms with Crippen molar-refractivity contribution in [3.05, 3.63) is 24.3 Å². The van der Waals surface area contributed by atoms with Crippen molar-refractivity contribution in [3.8, 4) is 11.5 Å². The Morgan fingerprint density at radius 3 is 2.55 bits per heavy atom. The molecule has 120 valence electrons. The van der Waals surface area contributed by atoms with Crippen LogP contribution in [0.3, 0.4) is 0 Å². The fraction of sp³-hybridized carbons (Fsp3) is 0.500. The van der Waals surface area contributed by atoms with Crippen LogP contribution >= 0.6 is 0 Å². The standard InChI is InChI=1S/C16H21NO5/c1-10(14(18)17-16(2,3)4)21-15(19)13-9-20-11-7-5-6-8-12(11)22-13/h5-8,10,13H,9H2,1-4H3,(H,17,18)/t10-,13+/m1/s1. The van der Waals surface area contributed by atoms with E-state index >= 15 is 0 Å². The number of hydrogen-bond donors (Lipinski definition) is 1. The fourth-order valence-electron chi connectivity index (χ4n) is 1.91. The third-order valence-corrected chi connectivity index (χ3v) is 2.93. The van der Waals surface area contributed by atoms with E-state index < -0.39 is 18.2 Å². The second-order valence-electron chi connectivity index (χ2n) is 6.18. The van der Waals surface area contributed by atoms with E-state index in [0.29, 0.717) is 11.5 Å². The quantitative estimate of drug-likeness (QED) is 0.860. The molecule has 6 nitrogen and oxygen atoms in total. The smallest absolute Gasteiger partial charge is 0.351 e. The van der Waals surface area contributed by atoms with Gasteiger partial charge < -0.3 is 19.5 Å². The molecule has 2 rings (SSSR count). The first-order chi connectivity index (χ1) is 10.3. The van der Waals surface area contributed by atoms with Gasteiger partial charge in [0.05, 0.1) is 0 Å². The number of ether oxygens (including phenoxy) is 3. The second-order valence-corrected chi connectivity index (χ2v) is 6.18. The topological polar surface area (TPSA) is 73.9 Å². The van der Waals surface area contributed by atoms with Crippen LogP contribution in [-0.4, -0.2) is 36.2 Å². The predicted octanol–water partition coefficient (Wildman–Crippen LogP) is 1.67. The van der Waals surface area contributed by atoms with Gasteiger partial charge in [0.25, 0.3) is 5.91 Å². The lowest BCUT2D eigenvalue weighted by atomic mass is 10.1. The predicted molar refractivity (Wildman–Crippen MR) is 79.8 cm³/mol. The lowest BCUT2D eigenvalue weighted by molar-refractivity contribution is -0.164. The summed E-state index contributed by atoms with van der Waals surface area (Å²) in [5, 5.41) is 2.75. The Morgan fingerprint density at radius 2 is 1.91 bits per heavy atom. The maximum absolute atomic E-state index is 12.1. The number of benzene rings is 1. The summed E-state index contributed by atoms with van der Waals surface area (Å²) in [6.07, 6.45) is -1.77. The Balaban J connectivity index is 1.92. The van der Waals surface area contributed by atoms with Gasteiger partial charge in [-0.1, -0.05) is 12.1 Å². The molecular formula is C16H21NO5. The van der Waals surface area contributed by atoms with Gasteiger partial charge in [0.15, 0.2) is 17.6 Å². The van der Waals surface area contributed by atoms with Gasteiger partial charge in [0, 0.05) is 5.54 Å². The maximum Gasteiger partial charge on any atom is 0.351 e. The largest absolute Gasteiger partial charge is 0.485 e. The molecule has 1 N–H and O–H groups in total. The highest BCUT2D eigenvalue weighted by Crippen LogP contribution is 2.31. The van der Waals surface area contributed by atoms with Crippen LogP contribution < -0.4 is 14.8 Å². The summed E-state index contributed by atoms with van der Waals surface area (Å²) < 4.78 is 16.2. The molecule has 6 heteroatoms. The number of hydrogen-bond acceptors (Lipinski definition) is 5. The molecule has 1 aliphatic rings. The van der Waals surface area contributed by atoms with Crippen molar-refractivity contribution in [2.75, 3.05) is 6.61 Å². The molecule has 0 unspecified atom stereocenters. The third kappa shape index (κ3) is 4.13. The summed E-state index contributed by atoms with van der Waals surface area (Å²) in [6.45, 7) is 7.15. The molecule has 1 aliphatic heterocycles. The number of carbonyl (C=O) groups is 2. The highest BCUT2D eigenvalue weighted by atomic mass is 16.6. The fourth-order valence-corrected chi connectivity index (χ4v) is 1.91. The van der Waals surface area contributed by atoms with Gasteiger partial charge in [0.1, 0.15) is 6.61 Å². The number of nitrogens with one attached hydrogen (secondary N) is 1. The third-order valence-electron chi connectivity index (χ3n) is 2.93. The molecule has 0 aliphatic carbocycles. The first-order valence-electron chi connectivity index (χ1n) is 7.17. The van der Waals surface area contributed by atoms with Crippen LogP contribution in [0.15, 0.2) is 24.3 Å². The van der Waals surface area contributed by atoms with Crippen molar-refractivity contribution < 1.29 is 23.8 Å². The minimum Gasteiger partial charge on any atom is -0.485 e. The van der Waals surface area contributed by atoms with E-state index in [-0.39, 0.29) is 18.1 Å². The van der Waals surface area contributed by atoms with Crippen molar-refractivity contribution in [3.63, 3.8) is 0 Å². The zero-order valence-corrected chi connectivity index (χ0v) is 13.2. The minimum atomic E-state index is -0.896. The molecule has 0 spiro atoms. The number of rotatable bonds is 3. The molecule has 1 aromatic carbocycles. The van der Waals surface area contributed by atoms with Gasteiger partial charge in [-0.3, -0.25) is 4.79 Å². The van der Waals surface area contributed by atoms with Crippen molar-refractivity contribution in [1.82, 2.24) is 5.32 Å². The van der Waals surface area contributed by atoms with Crippen molar-refractivity contribution >= 4 is 11.9 Å². The highest BCUT2D eigenvalue weighted by Gasteiger charge is 2.31. The summed E-state index contributed by atoms with van der Waals surface area (Å²) in [4.78, 5) is 24.0. The Kier molecular flexibility index (Phi) is 4.59. The normalized spacial score (nSPS) is 18.3. The van der Waals surface area contributed by atoms with E-state index in [1.807, 2.05) is 26.8 Å². The Morgan fingerprint density at radius 1 is 1.27 bits per heavy atom. The molecule has 0 fully saturated rings. The SMILES string of the molecule is C[C@@H](OC(=O)[C@@H]1COc2ccccc2O1)C(=O)NC(C)(C)C. The molecule has 1 heterocycles. The molecule has 1 aromatic rings. The Labute approximate surface area is 129 Å². The molecule has 1 amide bonds. The van der Waals surface area contributed by atoms with Crippen LogP contribution in [0.4, 0.5) is 0 Å². The van der Waals surface area contributed by atoms with Gasteiger partial charge in [-0.05, 0) is 39.8 Å². The van der Waals surface area contributed by atoms with E-state index in [0.717, 1.165) is 0 Å². The number of esters is 1. The summed E-state index contributed by atoms with van der Waals surface area (Å²) in [7, 11) is 0. The van der Waals surface area contributed by atoms with E-state index in [2.05, 4.69) is 5.32 Å². The van der Waals surface area contributed by atoms with Gasteiger partial charge >= 0.3 is 5.97 Å². The van der Waals surface area contributed by atoms with Crippen LogP contribution in [0, 0.1) is 0 Å². The van der Waals surface area contributed by atoms with E-state index in [9.17, 15) is 9.59 Å². The lowest BCUT2D eigenvalue weighted by Gasteiger charge is -2.27. The van der Waals surface area contributed by atoms with Crippen molar-refractivity contribution in [2.24, 2.45) is 0 Å². The van der Waals surface area contributed by atoms with E-state index in [4.69, 9.17) is 14.2 Å². The molecular weight excluding hydrogens is 286 g/mol. The molecule has 0 saturated heterocycles. The second kappa shape index (κ2) is 6.25. The molecule has 22 heavy (non-hydrogen) atoms. The minimum absolute atomic E-state index is 0.0590. The average molecular weight is 307 g/mol. The monoisotopic (exact) mass is 307 g/mol. The van der Waals surface area contributed by atoms with Gasteiger partial charge in [0.2, 0.25) is 6.10 Å². The zero-order chi connectivity index (χ0) is 16.3. The molecule has 0 aromatic heterocycles. The number of amides is 1. The Bertz CT molecular complexity index is 564. The molecule has 0 radical (unpaired) electrons.